The molecule has 0 aromatic heterocycles. The van der Waals surface area contributed by atoms with Crippen molar-refractivity contribution in [2.75, 3.05) is 40.3 Å². The molecule has 0 saturated carbocycles. The van der Waals surface area contributed by atoms with Crippen LogP contribution in [0.15, 0.2) is 0 Å². The zero-order valence-electron chi connectivity index (χ0n) is 10.4. The van der Waals surface area contributed by atoms with E-state index in [4.69, 9.17) is 0 Å². The Kier molecular flexibility index (Phi) is 5.17. The van der Waals surface area contributed by atoms with Crippen LogP contribution in [0.2, 0.25) is 0 Å². The number of nitrogens with one attached hydrogen (secondary N) is 1. The third kappa shape index (κ3) is 4.37. The minimum atomic E-state index is -3.25. The molecule has 0 spiro atoms. The first kappa shape index (κ1) is 13.9. The van der Waals surface area contributed by atoms with Gasteiger partial charge >= 0.3 is 0 Å². The highest BCUT2D eigenvalue weighted by Gasteiger charge is 2.16. The van der Waals surface area contributed by atoms with Crippen LogP contribution in [-0.2, 0) is 10.2 Å². The minimum Gasteiger partial charge on any atom is -0.302 e. The highest BCUT2D eigenvalue weighted by atomic mass is 32.2. The van der Waals surface area contributed by atoms with E-state index in [-0.39, 0.29) is 0 Å². The van der Waals surface area contributed by atoms with Crippen molar-refractivity contribution < 1.29 is 8.42 Å². The lowest BCUT2D eigenvalue weighted by atomic mass is 9.99. The van der Waals surface area contributed by atoms with Crippen LogP contribution in [0.5, 0.6) is 0 Å². The molecule has 6 heteroatoms. The quantitative estimate of drug-likeness (QED) is 0.752. The molecule has 1 rings (SSSR count). The van der Waals surface area contributed by atoms with Gasteiger partial charge in [0.15, 0.2) is 0 Å². The lowest BCUT2D eigenvalue weighted by Gasteiger charge is -2.30. The predicted octanol–water partition coefficient (Wildman–Crippen LogP) is 0.114. The van der Waals surface area contributed by atoms with Gasteiger partial charge in [-0.15, -0.1) is 0 Å². The fourth-order valence-electron chi connectivity index (χ4n) is 1.75. The molecule has 1 saturated heterocycles. The van der Waals surface area contributed by atoms with Crippen LogP contribution in [0.4, 0.5) is 0 Å². The summed E-state index contributed by atoms with van der Waals surface area (Å²) in [5, 5.41) is 0. The molecule has 1 aliphatic rings. The van der Waals surface area contributed by atoms with Crippen LogP contribution in [0, 0.1) is 5.92 Å². The summed E-state index contributed by atoms with van der Waals surface area (Å²) in [5.41, 5.74) is 0. The zero-order valence-corrected chi connectivity index (χ0v) is 11.3. The largest absolute Gasteiger partial charge is 0.302 e. The third-order valence-corrected chi connectivity index (χ3v) is 4.60. The molecule has 0 aromatic rings. The summed E-state index contributed by atoms with van der Waals surface area (Å²) in [4.78, 5) is 2.32. The van der Waals surface area contributed by atoms with Gasteiger partial charge in [0.2, 0.25) is 0 Å². The fourth-order valence-corrected chi connectivity index (χ4v) is 2.35. The topological polar surface area (TPSA) is 52.7 Å². The van der Waals surface area contributed by atoms with E-state index in [1.165, 1.54) is 31.2 Å². The Morgan fingerprint density at radius 2 is 1.88 bits per heavy atom. The maximum atomic E-state index is 11.4. The first-order chi connectivity index (χ1) is 7.42. The normalized spacial score (nSPS) is 20.5. The van der Waals surface area contributed by atoms with E-state index >= 15 is 0 Å². The number of nitrogens with zero attached hydrogens (tertiary/aromatic N) is 2. The summed E-state index contributed by atoms with van der Waals surface area (Å²) >= 11 is 0. The maximum Gasteiger partial charge on any atom is 0.278 e. The second-order valence-electron chi connectivity index (χ2n) is 4.71. The van der Waals surface area contributed by atoms with Crippen LogP contribution in [0.1, 0.15) is 19.8 Å². The lowest BCUT2D eigenvalue weighted by molar-refractivity contribution is 0.195. The zero-order chi connectivity index (χ0) is 12.2. The lowest BCUT2D eigenvalue weighted by Crippen LogP contribution is -2.42. The van der Waals surface area contributed by atoms with Gasteiger partial charge < -0.3 is 4.90 Å². The predicted molar refractivity (Wildman–Crippen MR) is 65.4 cm³/mol. The summed E-state index contributed by atoms with van der Waals surface area (Å²) in [7, 11) is -0.188. The van der Waals surface area contributed by atoms with Crippen LogP contribution >= 0.6 is 0 Å². The molecule has 1 N–H and O–H groups in total. The average molecular weight is 249 g/mol. The van der Waals surface area contributed by atoms with Crippen molar-refractivity contribution in [1.29, 1.82) is 0 Å². The highest BCUT2D eigenvalue weighted by Crippen LogP contribution is 2.15. The van der Waals surface area contributed by atoms with E-state index in [1.54, 1.807) is 0 Å². The number of piperidine rings is 1. The first-order valence-corrected chi connectivity index (χ1v) is 7.25. The summed E-state index contributed by atoms with van der Waals surface area (Å²) in [6.07, 6.45) is 2.45. The van der Waals surface area contributed by atoms with Gasteiger partial charge in [-0.1, -0.05) is 6.92 Å². The van der Waals surface area contributed by atoms with Gasteiger partial charge in [-0.3, -0.25) is 0 Å². The molecule has 16 heavy (non-hydrogen) atoms. The number of likely N-dealkylation sites (tertiary alicyclic amines) is 1. The molecule has 0 bridgehead atoms. The van der Waals surface area contributed by atoms with Crippen LogP contribution in [0.25, 0.3) is 0 Å². The van der Waals surface area contributed by atoms with Crippen molar-refractivity contribution in [2.45, 2.75) is 19.8 Å². The van der Waals surface area contributed by atoms with Crippen LogP contribution in [-0.4, -0.2) is 57.9 Å². The molecule has 1 aliphatic heterocycles. The van der Waals surface area contributed by atoms with Crippen molar-refractivity contribution in [3.8, 4) is 0 Å². The summed E-state index contributed by atoms with van der Waals surface area (Å²) in [5.74, 6) is 0.815. The molecule has 0 aromatic carbocycles. The standard InChI is InChI=1S/C10H23N3O2S/c1-10-4-7-13(8-5-10)9-6-11-16(14,15)12(2)3/h10-11H,4-9H2,1-3H3. The Labute approximate surface area is 99.0 Å². The molecule has 0 atom stereocenters. The molecule has 1 heterocycles. The van der Waals surface area contributed by atoms with Crippen molar-refractivity contribution in [3.63, 3.8) is 0 Å². The smallest absolute Gasteiger partial charge is 0.278 e. The van der Waals surface area contributed by atoms with E-state index in [9.17, 15) is 8.42 Å². The molecular formula is C10H23N3O2S. The first-order valence-electron chi connectivity index (χ1n) is 5.81. The van der Waals surface area contributed by atoms with E-state index in [1.807, 2.05) is 0 Å². The average Bonchev–Trinajstić information content (AvgIpc) is 2.20. The van der Waals surface area contributed by atoms with Crippen molar-refractivity contribution in [2.24, 2.45) is 5.92 Å². The SMILES string of the molecule is CC1CCN(CCNS(=O)(=O)N(C)C)CC1. The Bertz CT molecular complexity index is 295. The Morgan fingerprint density at radius 3 is 2.38 bits per heavy atom. The second kappa shape index (κ2) is 5.95. The maximum absolute atomic E-state index is 11.4. The van der Waals surface area contributed by atoms with Crippen LogP contribution in [0.3, 0.4) is 0 Å². The van der Waals surface area contributed by atoms with E-state index in [2.05, 4.69) is 16.5 Å². The van der Waals surface area contributed by atoms with Gasteiger partial charge in [-0.2, -0.15) is 12.7 Å². The van der Waals surface area contributed by atoms with Gasteiger partial charge in [-0.05, 0) is 31.8 Å². The third-order valence-electron chi connectivity index (χ3n) is 3.07. The summed E-state index contributed by atoms with van der Waals surface area (Å²) in [6, 6.07) is 0. The molecular weight excluding hydrogens is 226 g/mol. The molecule has 0 radical (unpaired) electrons. The van der Waals surface area contributed by atoms with E-state index < -0.39 is 10.2 Å². The monoisotopic (exact) mass is 249 g/mol. The Morgan fingerprint density at radius 1 is 1.31 bits per heavy atom. The molecule has 0 unspecified atom stereocenters. The van der Waals surface area contributed by atoms with Gasteiger partial charge in [0.1, 0.15) is 0 Å². The van der Waals surface area contributed by atoms with Gasteiger partial charge in [-0.25, -0.2) is 4.72 Å². The van der Waals surface area contributed by atoms with Gasteiger partial charge in [0.05, 0.1) is 0 Å². The Balaban J connectivity index is 2.21. The number of rotatable bonds is 5. The van der Waals surface area contributed by atoms with Crippen molar-refractivity contribution >= 4 is 10.2 Å². The van der Waals surface area contributed by atoms with Crippen molar-refractivity contribution in [1.82, 2.24) is 13.9 Å². The fraction of sp³-hybridized carbons (Fsp3) is 1.00. The summed E-state index contributed by atoms with van der Waals surface area (Å²) in [6.45, 7) is 5.75. The second-order valence-corrected chi connectivity index (χ2v) is 6.68. The molecule has 5 nitrogen and oxygen atoms in total. The molecule has 0 aliphatic carbocycles. The summed E-state index contributed by atoms with van der Waals surface area (Å²) < 4.78 is 26.6. The van der Waals surface area contributed by atoms with E-state index in [0.717, 1.165) is 25.6 Å². The minimum absolute atomic E-state index is 0.495. The molecule has 96 valence electrons. The Hall–Kier alpha value is -0.170. The van der Waals surface area contributed by atoms with E-state index in [0.29, 0.717) is 6.54 Å². The van der Waals surface area contributed by atoms with Gasteiger partial charge in [0.25, 0.3) is 10.2 Å². The molecule has 1 fully saturated rings. The highest BCUT2D eigenvalue weighted by molar-refractivity contribution is 7.87. The number of hydrogen-bond acceptors (Lipinski definition) is 3. The number of hydrogen-bond donors (Lipinski definition) is 1. The van der Waals surface area contributed by atoms with Crippen molar-refractivity contribution in [3.05, 3.63) is 0 Å². The molecule has 0 amide bonds. The van der Waals surface area contributed by atoms with Gasteiger partial charge in [0, 0.05) is 27.2 Å². The van der Waals surface area contributed by atoms with Crippen LogP contribution < -0.4 is 4.72 Å².